The van der Waals surface area contributed by atoms with Crippen LogP contribution < -0.4 is 4.72 Å². The van der Waals surface area contributed by atoms with E-state index in [4.69, 9.17) is 0 Å². The van der Waals surface area contributed by atoms with Gasteiger partial charge in [0.05, 0.1) is 4.92 Å². The monoisotopic (exact) mass is 284 g/mol. The van der Waals surface area contributed by atoms with Gasteiger partial charge < -0.3 is 0 Å². The first-order valence-electron chi connectivity index (χ1n) is 5.83. The average molecular weight is 284 g/mol. The second-order valence-corrected chi connectivity index (χ2v) is 5.57. The molecule has 0 spiro atoms. The topological polar surface area (TPSA) is 89.3 Å². The fourth-order valence-electron chi connectivity index (χ4n) is 1.51. The van der Waals surface area contributed by atoms with Gasteiger partial charge >= 0.3 is 0 Å². The van der Waals surface area contributed by atoms with E-state index in [0.717, 1.165) is 6.42 Å². The third kappa shape index (κ3) is 4.46. The van der Waals surface area contributed by atoms with Gasteiger partial charge in [0.15, 0.2) is 4.90 Å². The van der Waals surface area contributed by atoms with E-state index in [-0.39, 0.29) is 11.4 Å². The zero-order valence-corrected chi connectivity index (χ0v) is 11.4. The van der Waals surface area contributed by atoms with Crippen LogP contribution in [0.15, 0.2) is 41.3 Å². The highest BCUT2D eigenvalue weighted by atomic mass is 32.2. The van der Waals surface area contributed by atoms with Gasteiger partial charge in [-0.1, -0.05) is 24.3 Å². The van der Waals surface area contributed by atoms with E-state index in [2.05, 4.69) is 4.72 Å². The van der Waals surface area contributed by atoms with Crippen LogP contribution in [-0.4, -0.2) is 19.9 Å². The van der Waals surface area contributed by atoms with E-state index in [1.165, 1.54) is 24.3 Å². The molecule has 0 saturated heterocycles. The Labute approximate surface area is 112 Å². The molecule has 0 amide bonds. The fourth-order valence-corrected chi connectivity index (χ4v) is 2.75. The van der Waals surface area contributed by atoms with Crippen molar-refractivity contribution in [2.24, 2.45) is 0 Å². The molecular formula is C12H16N2O4S. The molecule has 6 nitrogen and oxygen atoms in total. The lowest BCUT2D eigenvalue weighted by Gasteiger charge is -2.06. The Kier molecular flexibility index (Phi) is 5.65. The summed E-state index contributed by atoms with van der Waals surface area (Å²) in [5.74, 6) is 0. The quantitative estimate of drug-likeness (QED) is 0.360. The Morgan fingerprint density at radius 3 is 2.68 bits per heavy atom. The summed E-state index contributed by atoms with van der Waals surface area (Å²) in [6, 6.07) is 5.30. The predicted octanol–water partition coefficient (Wildman–Crippen LogP) is 2.23. The van der Waals surface area contributed by atoms with Crippen LogP contribution in [-0.2, 0) is 10.0 Å². The third-order valence-electron chi connectivity index (χ3n) is 2.43. The normalized spacial score (nSPS) is 11.8. The van der Waals surface area contributed by atoms with Gasteiger partial charge in [0.2, 0.25) is 10.0 Å². The highest BCUT2D eigenvalue weighted by Gasteiger charge is 2.24. The van der Waals surface area contributed by atoms with E-state index < -0.39 is 20.6 Å². The SMILES string of the molecule is C/C=C\CCCNS(=O)(=O)c1ccccc1[N+](=O)[O-]. The second-order valence-electron chi connectivity index (χ2n) is 3.83. The Bertz CT molecular complexity index is 567. The van der Waals surface area contributed by atoms with Crippen molar-refractivity contribution >= 4 is 15.7 Å². The molecule has 0 aliphatic heterocycles. The molecule has 0 heterocycles. The Hall–Kier alpha value is -1.73. The number of rotatable bonds is 7. The van der Waals surface area contributed by atoms with Crippen LogP contribution in [0.2, 0.25) is 0 Å². The van der Waals surface area contributed by atoms with Crippen LogP contribution in [0.4, 0.5) is 5.69 Å². The standard InChI is InChI=1S/C12H16N2O4S/c1-2-3-4-7-10-13-19(17,18)12-9-6-5-8-11(12)14(15)16/h2-3,5-6,8-9,13H,4,7,10H2,1H3/b3-2-. The zero-order chi connectivity index (χ0) is 14.3. The van der Waals surface area contributed by atoms with Crippen LogP contribution in [0.1, 0.15) is 19.8 Å². The number of hydrogen-bond donors (Lipinski definition) is 1. The number of para-hydroxylation sites is 1. The molecule has 104 valence electrons. The summed E-state index contributed by atoms with van der Waals surface area (Å²) in [4.78, 5) is 9.79. The van der Waals surface area contributed by atoms with Crippen molar-refractivity contribution in [2.75, 3.05) is 6.54 Å². The second kappa shape index (κ2) is 7.01. The molecule has 0 unspecified atom stereocenters. The molecule has 0 aromatic heterocycles. The smallest absolute Gasteiger partial charge is 0.258 e. The maximum atomic E-state index is 12.0. The molecule has 0 aliphatic rings. The lowest BCUT2D eigenvalue weighted by atomic mass is 10.3. The van der Waals surface area contributed by atoms with Crippen molar-refractivity contribution in [1.82, 2.24) is 4.72 Å². The molecule has 1 rings (SSSR count). The Morgan fingerprint density at radius 1 is 1.37 bits per heavy atom. The molecule has 0 aliphatic carbocycles. The molecule has 7 heteroatoms. The van der Waals surface area contributed by atoms with Gasteiger partial charge in [-0.05, 0) is 25.8 Å². The average Bonchev–Trinajstić information content (AvgIpc) is 2.38. The maximum absolute atomic E-state index is 12.0. The van der Waals surface area contributed by atoms with Gasteiger partial charge in [0, 0.05) is 12.6 Å². The van der Waals surface area contributed by atoms with Crippen molar-refractivity contribution in [1.29, 1.82) is 0 Å². The maximum Gasteiger partial charge on any atom is 0.289 e. The van der Waals surface area contributed by atoms with Crippen molar-refractivity contribution in [3.05, 3.63) is 46.5 Å². The minimum atomic E-state index is -3.84. The molecule has 19 heavy (non-hydrogen) atoms. The Morgan fingerprint density at radius 2 is 2.05 bits per heavy atom. The number of nitro groups is 1. The lowest BCUT2D eigenvalue weighted by Crippen LogP contribution is -2.25. The first-order chi connectivity index (χ1) is 8.99. The van der Waals surface area contributed by atoms with Crippen LogP contribution in [0.25, 0.3) is 0 Å². The van der Waals surface area contributed by atoms with Gasteiger partial charge in [0.1, 0.15) is 0 Å². The number of nitrogens with one attached hydrogen (secondary N) is 1. The minimum Gasteiger partial charge on any atom is -0.258 e. The Balaban J connectivity index is 2.80. The van der Waals surface area contributed by atoms with Gasteiger partial charge in [-0.25, -0.2) is 13.1 Å². The zero-order valence-electron chi connectivity index (χ0n) is 10.6. The highest BCUT2D eigenvalue weighted by Crippen LogP contribution is 2.22. The van der Waals surface area contributed by atoms with Crippen molar-refractivity contribution < 1.29 is 13.3 Å². The number of sulfonamides is 1. The summed E-state index contributed by atoms with van der Waals surface area (Å²) in [6.45, 7) is 2.14. The molecule has 1 N–H and O–H groups in total. The van der Waals surface area contributed by atoms with Crippen LogP contribution in [0.3, 0.4) is 0 Å². The summed E-state index contributed by atoms with van der Waals surface area (Å²) in [5, 5.41) is 10.8. The van der Waals surface area contributed by atoms with Crippen LogP contribution >= 0.6 is 0 Å². The van der Waals surface area contributed by atoms with E-state index >= 15 is 0 Å². The summed E-state index contributed by atoms with van der Waals surface area (Å²) >= 11 is 0. The number of unbranched alkanes of at least 4 members (excludes halogenated alkanes) is 1. The molecule has 0 atom stereocenters. The summed E-state index contributed by atoms with van der Waals surface area (Å²) in [5.41, 5.74) is -0.413. The van der Waals surface area contributed by atoms with E-state index in [9.17, 15) is 18.5 Å². The van der Waals surface area contributed by atoms with E-state index in [0.29, 0.717) is 6.42 Å². The number of hydrogen-bond acceptors (Lipinski definition) is 4. The minimum absolute atomic E-state index is 0.249. The molecular weight excluding hydrogens is 268 g/mol. The summed E-state index contributed by atoms with van der Waals surface area (Å²) in [6.07, 6.45) is 5.22. The predicted molar refractivity (Wildman–Crippen MR) is 72.3 cm³/mol. The van der Waals surface area contributed by atoms with Crippen LogP contribution in [0, 0.1) is 10.1 Å². The first-order valence-corrected chi connectivity index (χ1v) is 7.31. The third-order valence-corrected chi connectivity index (χ3v) is 3.94. The van der Waals surface area contributed by atoms with Crippen molar-refractivity contribution in [2.45, 2.75) is 24.7 Å². The van der Waals surface area contributed by atoms with Gasteiger partial charge in [0.25, 0.3) is 5.69 Å². The number of nitrogens with zero attached hydrogens (tertiary/aromatic N) is 1. The molecule has 0 fully saturated rings. The summed E-state index contributed by atoms with van der Waals surface area (Å²) < 4.78 is 26.3. The number of allylic oxidation sites excluding steroid dienone is 2. The van der Waals surface area contributed by atoms with E-state index in [1.54, 1.807) is 0 Å². The van der Waals surface area contributed by atoms with Gasteiger partial charge in [-0.15, -0.1) is 0 Å². The molecule has 0 bridgehead atoms. The van der Waals surface area contributed by atoms with Gasteiger partial charge in [-0.3, -0.25) is 10.1 Å². The van der Waals surface area contributed by atoms with Crippen molar-refractivity contribution in [3.8, 4) is 0 Å². The molecule has 1 aromatic rings. The summed E-state index contributed by atoms with van der Waals surface area (Å²) in [7, 11) is -3.84. The van der Waals surface area contributed by atoms with Crippen molar-refractivity contribution in [3.63, 3.8) is 0 Å². The highest BCUT2D eigenvalue weighted by molar-refractivity contribution is 7.89. The largest absolute Gasteiger partial charge is 0.289 e. The van der Waals surface area contributed by atoms with Gasteiger partial charge in [-0.2, -0.15) is 0 Å². The molecule has 0 saturated carbocycles. The van der Waals surface area contributed by atoms with Crippen LogP contribution in [0.5, 0.6) is 0 Å². The first kappa shape index (κ1) is 15.3. The van der Waals surface area contributed by atoms with E-state index in [1.807, 2.05) is 19.1 Å². The fraction of sp³-hybridized carbons (Fsp3) is 0.333. The molecule has 1 aromatic carbocycles. The number of benzene rings is 1. The number of nitro benzene ring substituents is 1. The lowest BCUT2D eigenvalue weighted by molar-refractivity contribution is -0.387. The molecule has 0 radical (unpaired) electrons.